The fraction of sp³-hybridized carbons (Fsp3) is 0.333. The lowest BCUT2D eigenvalue weighted by Gasteiger charge is -2.13. The SMILES string of the molecule is C=CCC(N)c1cc(OC)cc(OC)c1. The van der Waals surface area contributed by atoms with Gasteiger partial charge in [-0.15, -0.1) is 6.58 Å². The summed E-state index contributed by atoms with van der Waals surface area (Å²) in [4.78, 5) is 0. The molecule has 0 aliphatic rings. The first-order valence-electron chi connectivity index (χ1n) is 4.80. The van der Waals surface area contributed by atoms with Crippen LogP contribution in [0, 0.1) is 0 Å². The van der Waals surface area contributed by atoms with Crippen molar-refractivity contribution in [3.63, 3.8) is 0 Å². The normalized spacial score (nSPS) is 11.9. The summed E-state index contributed by atoms with van der Waals surface area (Å²) in [5, 5.41) is 0. The van der Waals surface area contributed by atoms with Crippen LogP contribution in [0.4, 0.5) is 0 Å². The summed E-state index contributed by atoms with van der Waals surface area (Å²) in [6.45, 7) is 3.67. The van der Waals surface area contributed by atoms with Crippen molar-refractivity contribution < 1.29 is 9.47 Å². The lowest BCUT2D eigenvalue weighted by molar-refractivity contribution is 0.392. The molecule has 0 aliphatic heterocycles. The van der Waals surface area contributed by atoms with E-state index in [4.69, 9.17) is 15.2 Å². The Bertz CT molecular complexity index is 314. The van der Waals surface area contributed by atoms with Gasteiger partial charge in [0.25, 0.3) is 0 Å². The zero-order valence-corrected chi connectivity index (χ0v) is 9.19. The Balaban J connectivity index is 3.00. The molecule has 1 aromatic carbocycles. The average Bonchev–Trinajstić information content (AvgIpc) is 2.28. The van der Waals surface area contributed by atoms with E-state index in [-0.39, 0.29) is 6.04 Å². The van der Waals surface area contributed by atoms with E-state index >= 15 is 0 Å². The second kappa shape index (κ2) is 5.41. The Kier molecular flexibility index (Phi) is 4.18. The van der Waals surface area contributed by atoms with Gasteiger partial charge in [-0.2, -0.15) is 0 Å². The quantitative estimate of drug-likeness (QED) is 0.753. The van der Waals surface area contributed by atoms with Crippen molar-refractivity contribution in [1.29, 1.82) is 0 Å². The summed E-state index contributed by atoms with van der Waals surface area (Å²) in [6.07, 6.45) is 2.53. The van der Waals surface area contributed by atoms with Gasteiger partial charge >= 0.3 is 0 Å². The molecule has 82 valence electrons. The molecule has 0 radical (unpaired) electrons. The molecule has 0 fully saturated rings. The van der Waals surface area contributed by atoms with Gasteiger partial charge in [-0.1, -0.05) is 6.08 Å². The summed E-state index contributed by atoms with van der Waals surface area (Å²) < 4.78 is 10.3. The molecular weight excluding hydrogens is 190 g/mol. The van der Waals surface area contributed by atoms with Gasteiger partial charge in [0.15, 0.2) is 0 Å². The van der Waals surface area contributed by atoms with Crippen LogP contribution in [0.3, 0.4) is 0 Å². The van der Waals surface area contributed by atoms with Gasteiger partial charge in [-0.25, -0.2) is 0 Å². The molecule has 0 spiro atoms. The number of benzene rings is 1. The van der Waals surface area contributed by atoms with Crippen LogP contribution in [0.5, 0.6) is 11.5 Å². The van der Waals surface area contributed by atoms with Gasteiger partial charge < -0.3 is 15.2 Å². The Morgan fingerprint density at radius 1 is 1.27 bits per heavy atom. The molecule has 1 atom stereocenters. The summed E-state index contributed by atoms with van der Waals surface area (Å²) >= 11 is 0. The molecule has 15 heavy (non-hydrogen) atoms. The Labute approximate surface area is 90.5 Å². The Hall–Kier alpha value is -1.48. The van der Waals surface area contributed by atoms with E-state index in [0.29, 0.717) is 0 Å². The zero-order valence-electron chi connectivity index (χ0n) is 9.19. The minimum absolute atomic E-state index is 0.0634. The third kappa shape index (κ3) is 2.99. The van der Waals surface area contributed by atoms with Crippen LogP contribution < -0.4 is 15.2 Å². The van der Waals surface area contributed by atoms with Crippen LogP contribution in [-0.2, 0) is 0 Å². The predicted molar refractivity (Wildman–Crippen MR) is 61.3 cm³/mol. The van der Waals surface area contributed by atoms with Gasteiger partial charge in [0.2, 0.25) is 0 Å². The summed E-state index contributed by atoms with van der Waals surface area (Å²) in [5.41, 5.74) is 6.96. The molecule has 0 aliphatic carbocycles. The van der Waals surface area contributed by atoms with Gasteiger partial charge in [0, 0.05) is 12.1 Å². The summed E-state index contributed by atoms with van der Waals surface area (Å²) in [6, 6.07) is 5.59. The second-order valence-corrected chi connectivity index (χ2v) is 3.28. The molecule has 3 heteroatoms. The highest BCUT2D eigenvalue weighted by Crippen LogP contribution is 2.26. The van der Waals surface area contributed by atoms with Crippen LogP contribution >= 0.6 is 0 Å². The Morgan fingerprint density at radius 3 is 2.20 bits per heavy atom. The van der Waals surface area contributed by atoms with Crippen LogP contribution in [0.1, 0.15) is 18.0 Å². The minimum atomic E-state index is -0.0634. The van der Waals surface area contributed by atoms with Crippen molar-refractivity contribution in [2.45, 2.75) is 12.5 Å². The van der Waals surface area contributed by atoms with E-state index < -0.39 is 0 Å². The van der Waals surface area contributed by atoms with Crippen LogP contribution in [0.25, 0.3) is 0 Å². The van der Waals surface area contributed by atoms with Crippen molar-refractivity contribution >= 4 is 0 Å². The lowest BCUT2D eigenvalue weighted by Crippen LogP contribution is -2.09. The predicted octanol–water partition coefficient (Wildman–Crippen LogP) is 2.28. The molecule has 1 rings (SSSR count). The highest BCUT2D eigenvalue weighted by Gasteiger charge is 2.07. The van der Waals surface area contributed by atoms with Crippen molar-refractivity contribution in [1.82, 2.24) is 0 Å². The molecule has 0 heterocycles. The van der Waals surface area contributed by atoms with Crippen LogP contribution in [0.2, 0.25) is 0 Å². The van der Waals surface area contributed by atoms with Gasteiger partial charge in [0.05, 0.1) is 14.2 Å². The number of rotatable bonds is 5. The monoisotopic (exact) mass is 207 g/mol. The largest absolute Gasteiger partial charge is 0.497 e. The lowest BCUT2D eigenvalue weighted by atomic mass is 10.0. The molecule has 0 amide bonds. The van der Waals surface area contributed by atoms with Crippen LogP contribution in [-0.4, -0.2) is 14.2 Å². The molecule has 0 saturated heterocycles. The van der Waals surface area contributed by atoms with Crippen molar-refractivity contribution in [2.24, 2.45) is 5.73 Å². The van der Waals surface area contributed by atoms with Crippen molar-refractivity contribution in [3.05, 3.63) is 36.4 Å². The minimum Gasteiger partial charge on any atom is -0.497 e. The highest BCUT2D eigenvalue weighted by atomic mass is 16.5. The molecule has 0 aromatic heterocycles. The maximum absolute atomic E-state index is 5.97. The first kappa shape index (κ1) is 11.6. The standard InChI is InChI=1S/C12H17NO2/c1-4-5-12(13)9-6-10(14-2)8-11(7-9)15-3/h4,6-8,12H,1,5,13H2,2-3H3. The van der Waals surface area contributed by atoms with E-state index in [1.54, 1.807) is 20.3 Å². The zero-order chi connectivity index (χ0) is 11.3. The van der Waals surface area contributed by atoms with Crippen LogP contribution in [0.15, 0.2) is 30.9 Å². The van der Waals surface area contributed by atoms with E-state index in [1.165, 1.54) is 0 Å². The molecule has 1 aromatic rings. The molecule has 2 N–H and O–H groups in total. The van der Waals surface area contributed by atoms with Gasteiger partial charge in [-0.05, 0) is 24.1 Å². The number of hydrogen-bond acceptors (Lipinski definition) is 3. The maximum atomic E-state index is 5.97. The maximum Gasteiger partial charge on any atom is 0.122 e. The summed E-state index contributed by atoms with van der Waals surface area (Å²) in [7, 11) is 3.25. The fourth-order valence-electron chi connectivity index (χ4n) is 1.36. The Morgan fingerprint density at radius 2 is 1.80 bits per heavy atom. The topological polar surface area (TPSA) is 44.5 Å². The molecule has 0 bridgehead atoms. The third-order valence-electron chi connectivity index (χ3n) is 2.22. The van der Waals surface area contributed by atoms with E-state index in [0.717, 1.165) is 23.5 Å². The smallest absolute Gasteiger partial charge is 0.122 e. The van der Waals surface area contributed by atoms with Crippen molar-refractivity contribution in [3.8, 4) is 11.5 Å². The summed E-state index contributed by atoms with van der Waals surface area (Å²) in [5.74, 6) is 1.51. The van der Waals surface area contributed by atoms with E-state index in [2.05, 4.69) is 6.58 Å². The average molecular weight is 207 g/mol. The number of methoxy groups -OCH3 is 2. The molecular formula is C12H17NO2. The highest BCUT2D eigenvalue weighted by molar-refractivity contribution is 5.39. The number of hydrogen-bond donors (Lipinski definition) is 1. The number of ether oxygens (including phenoxy) is 2. The van der Waals surface area contributed by atoms with Gasteiger partial charge in [-0.3, -0.25) is 0 Å². The first-order valence-corrected chi connectivity index (χ1v) is 4.80. The molecule has 1 unspecified atom stereocenters. The third-order valence-corrected chi connectivity index (χ3v) is 2.22. The second-order valence-electron chi connectivity index (χ2n) is 3.28. The van der Waals surface area contributed by atoms with Crippen molar-refractivity contribution in [2.75, 3.05) is 14.2 Å². The van der Waals surface area contributed by atoms with E-state index in [1.807, 2.05) is 18.2 Å². The van der Waals surface area contributed by atoms with E-state index in [9.17, 15) is 0 Å². The fourth-order valence-corrected chi connectivity index (χ4v) is 1.36. The molecule has 3 nitrogen and oxygen atoms in total. The number of nitrogens with two attached hydrogens (primary N) is 1. The first-order chi connectivity index (χ1) is 7.21. The van der Waals surface area contributed by atoms with Gasteiger partial charge in [0.1, 0.15) is 11.5 Å². The molecule has 0 saturated carbocycles.